The second-order valence-corrected chi connectivity index (χ2v) is 13.5. The monoisotopic (exact) mass is 644 g/mol. The molecule has 0 spiro atoms. The highest BCUT2D eigenvalue weighted by Crippen LogP contribution is 2.36. The van der Waals surface area contributed by atoms with Gasteiger partial charge in [-0.2, -0.15) is 0 Å². The van der Waals surface area contributed by atoms with Gasteiger partial charge in [0.25, 0.3) is 0 Å². The smallest absolute Gasteiger partial charge is 0.119 e. The van der Waals surface area contributed by atoms with Crippen LogP contribution in [0.3, 0.4) is 0 Å². The minimum atomic E-state index is -0.736. The standard InChI is InChI=1S/C30H34BrIN2O/c1-29(2,3)20-15-19(16-21(17-20)30(4,5)6)28(35)25-12-11-23(33-25)27(24-13-14-26(31)34-24)18-7-9-22(32)10-8-18/h7-17,27-28,33-35H,1-6H3. The van der Waals surface area contributed by atoms with E-state index in [1.165, 1.54) is 20.3 Å². The van der Waals surface area contributed by atoms with Gasteiger partial charge < -0.3 is 15.1 Å². The Labute approximate surface area is 231 Å². The number of aliphatic hydroxyl groups excluding tert-OH is 1. The molecular formula is C30H34BrIN2O. The fourth-order valence-corrected chi connectivity index (χ4v) is 5.07. The number of nitrogens with one attached hydrogen (secondary N) is 2. The number of H-pyrrole nitrogens is 2. The van der Waals surface area contributed by atoms with Crippen molar-refractivity contribution in [3.63, 3.8) is 0 Å². The van der Waals surface area contributed by atoms with Gasteiger partial charge in [-0.25, -0.2) is 0 Å². The van der Waals surface area contributed by atoms with Crippen LogP contribution in [-0.4, -0.2) is 15.1 Å². The Morgan fingerprint density at radius 2 is 1.20 bits per heavy atom. The Balaban J connectivity index is 1.76. The van der Waals surface area contributed by atoms with Crippen LogP contribution in [0, 0.1) is 3.57 Å². The molecule has 2 unspecified atom stereocenters. The molecule has 3 N–H and O–H groups in total. The van der Waals surface area contributed by atoms with E-state index >= 15 is 0 Å². The summed E-state index contributed by atoms with van der Waals surface area (Å²) in [5, 5.41) is 11.5. The summed E-state index contributed by atoms with van der Waals surface area (Å²) in [7, 11) is 0. The zero-order chi connectivity index (χ0) is 25.5. The zero-order valence-corrected chi connectivity index (χ0v) is 25.0. The molecule has 3 nitrogen and oxygen atoms in total. The fraction of sp³-hybridized carbons (Fsp3) is 0.333. The molecule has 35 heavy (non-hydrogen) atoms. The number of benzene rings is 2. The lowest BCUT2D eigenvalue weighted by molar-refractivity contribution is 0.215. The Morgan fingerprint density at radius 3 is 1.71 bits per heavy atom. The molecule has 2 aromatic carbocycles. The number of aliphatic hydroxyl groups is 1. The summed E-state index contributed by atoms with van der Waals surface area (Å²) in [4.78, 5) is 7.00. The molecular weight excluding hydrogens is 611 g/mol. The first-order valence-electron chi connectivity index (χ1n) is 12.0. The minimum Gasteiger partial charge on any atom is -0.382 e. The highest BCUT2D eigenvalue weighted by molar-refractivity contribution is 14.1. The predicted molar refractivity (Wildman–Crippen MR) is 157 cm³/mol. The highest BCUT2D eigenvalue weighted by Gasteiger charge is 2.25. The van der Waals surface area contributed by atoms with Crippen LogP contribution in [0.25, 0.3) is 0 Å². The third kappa shape index (κ3) is 5.95. The van der Waals surface area contributed by atoms with Gasteiger partial charge in [-0.3, -0.25) is 0 Å². The first-order chi connectivity index (χ1) is 16.3. The van der Waals surface area contributed by atoms with Crippen molar-refractivity contribution in [3.8, 4) is 0 Å². The van der Waals surface area contributed by atoms with E-state index in [-0.39, 0.29) is 16.7 Å². The van der Waals surface area contributed by atoms with E-state index in [9.17, 15) is 5.11 Å². The topological polar surface area (TPSA) is 51.8 Å². The molecule has 0 aliphatic heterocycles. The molecule has 2 heterocycles. The fourth-order valence-electron chi connectivity index (χ4n) is 4.35. The van der Waals surface area contributed by atoms with Gasteiger partial charge in [-0.15, -0.1) is 0 Å². The molecule has 0 saturated carbocycles. The van der Waals surface area contributed by atoms with E-state index in [0.29, 0.717) is 0 Å². The highest BCUT2D eigenvalue weighted by atomic mass is 127. The Bertz CT molecular complexity index is 1270. The summed E-state index contributed by atoms with van der Waals surface area (Å²) in [6, 6.07) is 23.4. The molecule has 0 aliphatic carbocycles. The first-order valence-corrected chi connectivity index (χ1v) is 13.8. The lowest BCUT2D eigenvalue weighted by Crippen LogP contribution is -2.18. The van der Waals surface area contributed by atoms with Crippen molar-refractivity contribution < 1.29 is 5.11 Å². The van der Waals surface area contributed by atoms with Crippen molar-refractivity contribution in [1.29, 1.82) is 0 Å². The van der Waals surface area contributed by atoms with Crippen molar-refractivity contribution >= 4 is 38.5 Å². The summed E-state index contributed by atoms with van der Waals surface area (Å²) >= 11 is 5.89. The van der Waals surface area contributed by atoms with Crippen LogP contribution in [0.1, 0.15) is 92.9 Å². The van der Waals surface area contributed by atoms with E-state index in [0.717, 1.165) is 27.2 Å². The Kier molecular flexibility index (Phi) is 7.43. The van der Waals surface area contributed by atoms with Crippen LogP contribution in [0.4, 0.5) is 0 Å². The van der Waals surface area contributed by atoms with E-state index < -0.39 is 6.10 Å². The molecule has 0 bridgehead atoms. The average molecular weight is 645 g/mol. The SMILES string of the molecule is CC(C)(C)c1cc(C(O)c2ccc(C(c3ccc(I)cc3)c3ccc(Br)[nH]3)[nH]2)cc(C(C)(C)C)c1. The van der Waals surface area contributed by atoms with Crippen LogP contribution in [-0.2, 0) is 10.8 Å². The van der Waals surface area contributed by atoms with Crippen LogP contribution in [0.5, 0.6) is 0 Å². The molecule has 184 valence electrons. The van der Waals surface area contributed by atoms with Gasteiger partial charge in [0.2, 0.25) is 0 Å². The molecule has 4 aromatic rings. The van der Waals surface area contributed by atoms with Gasteiger partial charge in [0.1, 0.15) is 6.10 Å². The summed E-state index contributed by atoms with van der Waals surface area (Å²) in [6.45, 7) is 13.3. The second kappa shape index (κ2) is 9.91. The van der Waals surface area contributed by atoms with Crippen molar-refractivity contribution in [2.24, 2.45) is 0 Å². The third-order valence-corrected chi connectivity index (χ3v) is 7.71. The van der Waals surface area contributed by atoms with Gasteiger partial charge >= 0.3 is 0 Å². The number of halogens is 2. The van der Waals surface area contributed by atoms with Crippen molar-refractivity contribution in [3.05, 3.63) is 114 Å². The summed E-state index contributed by atoms with van der Waals surface area (Å²) < 4.78 is 2.15. The van der Waals surface area contributed by atoms with Crippen molar-refractivity contribution in [1.82, 2.24) is 9.97 Å². The maximum atomic E-state index is 11.5. The summed E-state index contributed by atoms with van der Waals surface area (Å²) in [6.07, 6.45) is -0.736. The molecule has 4 rings (SSSR count). The lowest BCUT2D eigenvalue weighted by Gasteiger charge is -2.27. The van der Waals surface area contributed by atoms with E-state index in [2.05, 4.69) is 145 Å². The van der Waals surface area contributed by atoms with Crippen LogP contribution in [0.2, 0.25) is 0 Å². The maximum absolute atomic E-state index is 11.5. The lowest BCUT2D eigenvalue weighted by atomic mass is 9.79. The molecule has 2 aromatic heterocycles. The van der Waals surface area contributed by atoms with Gasteiger partial charge in [0.15, 0.2) is 0 Å². The predicted octanol–water partition coefficient (Wildman–Crippen LogP) is 8.57. The number of aromatic amines is 2. The third-order valence-electron chi connectivity index (χ3n) is 6.53. The second-order valence-electron chi connectivity index (χ2n) is 11.4. The average Bonchev–Trinajstić information content (AvgIpc) is 3.43. The van der Waals surface area contributed by atoms with Crippen molar-refractivity contribution in [2.45, 2.75) is 64.4 Å². The Morgan fingerprint density at radius 1 is 0.686 bits per heavy atom. The molecule has 0 fully saturated rings. The van der Waals surface area contributed by atoms with Gasteiger partial charge in [0.05, 0.1) is 10.5 Å². The minimum absolute atomic E-state index is 0.00490. The number of hydrogen-bond donors (Lipinski definition) is 3. The van der Waals surface area contributed by atoms with E-state index in [1.54, 1.807) is 0 Å². The number of hydrogen-bond acceptors (Lipinski definition) is 1. The van der Waals surface area contributed by atoms with Crippen LogP contribution >= 0.6 is 38.5 Å². The van der Waals surface area contributed by atoms with E-state index in [1.807, 2.05) is 12.1 Å². The number of rotatable bonds is 5. The molecule has 5 heteroatoms. The molecule has 2 atom stereocenters. The summed E-state index contributed by atoms with van der Waals surface area (Å²) in [5.41, 5.74) is 7.49. The molecule has 0 saturated heterocycles. The van der Waals surface area contributed by atoms with Gasteiger partial charge in [0, 0.05) is 20.7 Å². The quantitative estimate of drug-likeness (QED) is 0.187. The largest absolute Gasteiger partial charge is 0.382 e. The molecule has 0 aliphatic rings. The van der Waals surface area contributed by atoms with Crippen molar-refractivity contribution in [2.75, 3.05) is 0 Å². The summed E-state index contributed by atoms with van der Waals surface area (Å²) in [5.74, 6) is 0.00490. The van der Waals surface area contributed by atoms with Crippen LogP contribution in [0.15, 0.2) is 71.3 Å². The van der Waals surface area contributed by atoms with E-state index in [4.69, 9.17) is 0 Å². The van der Waals surface area contributed by atoms with Crippen LogP contribution < -0.4 is 0 Å². The van der Waals surface area contributed by atoms with Gasteiger partial charge in [-0.1, -0.05) is 71.9 Å². The molecule has 0 amide bonds. The molecule has 0 radical (unpaired) electrons. The zero-order valence-electron chi connectivity index (χ0n) is 21.2. The Hall–Kier alpha value is -1.83. The normalized spacial score (nSPS) is 14.2. The first kappa shape index (κ1) is 26.2. The maximum Gasteiger partial charge on any atom is 0.119 e. The number of aromatic nitrogens is 2. The van der Waals surface area contributed by atoms with Gasteiger partial charge in [-0.05, 0) is 108 Å².